The number of ether oxygens (including phenoxy) is 1. The Labute approximate surface area is 158 Å². The summed E-state index contributed by atoms with van der Waals surface area (Å²) in [5.74, 6) is 0.767. The zero-order chi connectivity index (χ0) is 18.6. The largest absolute Gasteiger partial charge is 0.376 e. The average Bonchev–Trinajstić information content (AvgIpc) is 3.35. The van der Waals surface area contributed by atoms with Crippen molar-refractivity contribution in [1.82, 2.24) is 19.9 Å². The van der Waals surface area contributed by atoms with Crippen LogP contribution in [0, 0.1) is 0 Å². The highest BCUT2D eigenvalue weighted by molar-refractivity contribution is 5.95. The van der Waals surface area contributed by atoms with Crippen LogP contribution < -0.4 is 5.32 Å². The zero-order valence-corrected chi connectivity index (χ0v) is 15.5. The number of imidazole rings is 1. The first kappa shape index (κ1) is 17.7. The average molecular weight is 364 g/mol. The molecule has 1 fully saturated rings. The summed E-state index contributed by atoms with van der Waals surface area (Å²) < 4.78 is 7.70. The SMILES string of the molecule is CCCn1c(-c2cccc(C(=O)NC[C@@H]3CCCO3)c2)nc2cccnc21. The number of hydrogen-bond donors (Lipinski definition) is 1. The minimum atomic E-state index is -0.0800. The van der Waals surface area contributed by atoms with Crippen LogP contribution in [-0.2, 0) is 11.3 Å². The van der Waals surface area contributed by atoms with E-state index in [4.69, 9.17) is 9.72 Å². The Morgan fingerprint density at radius 2 is 2.26 bits per heavy atom. The fourth-order valence-corrected chi connectivity index (χ4v) is 3.53. The molecule has 0 spiro atoms. The van der Waals surface area contributed by atoms with Gasteiger partial charge in [-0.15, -0.1) is 0 Å². The number of nitrogens with one attached hydrogen (secondary N) is 1. The second kappa shape index (κ2) is 7.88. The zero-order valence-electron chi connectivity index (χ0n) is 15.5. The number of carbonyl (C=O) groups is 1. The Balaban J connectivity index is 1.61. The van der Waals surface area contributed by atoms with Crippen molar-refractivity contribution in [1.29, 1.82) is 0 Å². The van der Waals surface area contributed by atoms with Crippen LogP contribution in [0.25, 0.3) is 22.6 Å². The number of pyridine rings is 1. The van der Waals surface area contributed by atoms with Gasteiger partial charge in [0.05, 0.1) is 6.10 Å². The van der Waals surface area contributed by atoms with Gasteiger partial charge in [-0.2, -0.15) is 0 Å². The number of benzene rings is 1. The van der Waals surface area contributed by atoms with Crippen LogP contribution >= 0.6 is 0 Å². The molecule has 6 nitrogen and oxygen atoms in total. The lowest BCUT2D eigenvalue weighted by molar-refractivity contribution is 0.0858. The summed E-state index contributed by atoms with van der Waals surface area (Å²) in [7, 11) is 0. The minimum Gasteiger partial charge on any atom is -0.376 e. The molecule has 1 aromatic carbocycles. The van der Waals surface area contributed by atoms with Crippen molar-refractivity contribution < 1.29 is 9.53 Å². The number of amides is 1. The summed E-state index contributed by atoms with van der Waals surface area (Å²) >= 11 is 0. The normalized spacial score (nSPS) is 16.7. The van der Waals surface area contributed by atoms with Gasteiger partial charge >= 0.3 is 0 Å². The molecule has 4 rings (SSSR count). The number of rotatable bonds is 6. The maximum atomic E-state index is 12.6. The van der Waals surface area contributed by atoms with E-state index >= 15 is 0 Å². The van der Waals surface area contributed by atoms with Gasteiger partial charge in [0.2, 0.25) is 0 Å². The second-order valence-electron chi connectivity index (χ2n) is 6.86. The Hall–Kier alpha value is -2.73. The third-order valence-electron chi connectivity index (χ3n) is 4.85. The molecule has 0 bridgehead atoms. The molecule has 140 valence electrons. The Morgan fingerprint density at radius 3 is 3.07 bits per heavy atom. The van der Waals surface area contributed by atoms with Crippen LogP contribution in [0.15, 0.2) is 42.6 Å². The highest BCUT2D eigenvalue weighted by atomic mass is 16.5. The molecule has 1 aliphatic heterocycles. The first-order valence-corrected chi connectivity index (χ1v) is 9.57. The van der Waals surface area contributed by atoms with Crippen molar-refractivity contribution in [2.75, 3.05) is 13.2 Å². The smallest absolute Gasteiger partial charge is 0.251 e. The summed E-state index contributed by atoms with van der Waals surface area (Å²) in [6.07, 6.45) is 4.98. The summed E-state index contributed by atoms with van der Waals surface area (Å²) in [5.41, 5.74) is 3.30. The van der Waals surface area contributed by atoms with Crippen LogP contribution in [0.2, 0.25) is 0 Å². The summed E-state index contributed by atoms with van der Waals surface area (Å²) in [6, 6.07) is 11.5. The van der Waals surface area contributed by atoms with E-state index < -0.39 is 0 Å². The van der Waals surface area contributed by atoms with E-state index in [9.17, 15) is 4.79 Å². The molecule has 3 heterocycles. The number of aryl methyl sites for hydroxylation is 1. The van der Waals surface area contributed by atoms with Crippen LogP contribution in [-0.4, -0.2) is 39.7 Å². The first-order valence-electron chi connectivity index (χ1n) is 9.57. The maximum Gasteiger partial charge on any atom is 0.251 e. The van der Waals surface area contributed by atoms with E-state index in [1.54, 1.807) is 6.20 Å². The van der Waals surface area contributed by atoms with Gasteiger partial charge in [0.15, 0.2) is 5.65 Å². The van der Waals surface area contributed by atoms with Crippen molar-refractivity contribution in [3.05, 3.63) is 48.2 Å². The number of hydrogen-bond acceptors (Lipinski definition) is 4. The van der Waals surface area contributed by atoms with Crippen LogP contribution in [0.1, 0.15) is 36.5 Å². The lowest BCUT2D eigenvalue weighted by atomic mass is 10.1. The van der Waals surface area contributed by atoms with E-state index in [-0.39, 0.29) is 12.0 Å². The second-order valence-corrected chi connectivity index (χ2v) is 6.86. The third kappa shape index (κ3) is 3.71. The molecular weight excluding hydrogens is 340 g/mol. The van der Waals surface area contributed by atoms with Gasteiger partial charge in [-0.05, 0) is 43.5 Å². The van der Waals surface area contributed by atoms with Crippen LogP contribution in [0.4, 0.5) is 0 Å². The monoisotopic (exact) mass is 364 g/mol. The predicted molar refractivity (Wildman–Crippen MR) is 105 cm³/mol. The van der Waals surface area contributed by atoms with E-state index in [1.165, 1.54) is 0 Å². The summed E-state index contributed by atoms with van der Waals surface area (Å²) in [5, 5.41) is 2.98. The van der Waals surface area contributed by atoms with Gasteiger partial charge in [0, 0.05) is 37.0 Å². The topological polar surface area (TPSA) is 69.0 Å². The maximum absolute atomic E-state index is 12.6. The highest BCUT2D eigenvalue weighted by Crippen LogP contribution is 2.25. The first-order chi connectivity index (χ1) is 13.3. The molecule has 1 aliphatic rings. The van der Waals surface area contributed by atoms with Gasteiger partial charge in [-0.3, -0.25) is 4.79 Å². The van der Waals surface area contributed by atoms with Crippen molar-refractivity contribution in [2.24, 2.45) is 0 Å². The number of aromatic nitrogens is 3. The molecule has 27 heavy (non-hydrogen) atoms. The highest BCUT2D eigenvalue weighted by Gasteiger charge is 2.18. The quantitative estimate of drug-likeness (QED) is 0.728. The molecule has 0 unspecified atom stereocenters. The van der Waals surface area contributed by atoms with Crippen molar-refractivity contribution in [3.63, 3.8) is 0 Å². The molecule has 3 aromatic rings. The molecular formula is C21H24N4O2. The Morgan fingerprint density at radius 1 is 1.33 bits per heavy atom. The van der Waals surface area contributed by atoms with Gasteiger partial charge in [0.25, 0.3) is 5.91 Å². The van der Waals surface area contributed by atoms with Crippen LogP contribution in [0.5, 0.6) is 0 Å². The molecule has 2 aromatic heterocycles. The fraction of sp³-hybridized carbons (Fsp3) is 0.381. The lowest BCUT2D eigenvalue weighted by Crippen LogP contribution is -2.31. The van der Waals surface area contributed by atoms with Crippen molar-refractivity contribution in [2.45, 2.75) is 38.8 Å². The molecule has 6 heteroatoms. The van der Waals surface area contributed by atoms with Gasteiger partial charge < -0.3 is 14.6 Å². The van der Waals surface area contributed by atoms with E-state index in [0.29, 0.717) is 12.1 Å². The van der Waals surface area contributed by atoms with E-state index in [1.807, 2.05) is 36.4 Å². The molecule has 1 amide bonds. The molecule has 1 N–H and O–H groups in total. The van der Waals surface area contributed by atoms with Gasteiger partial charge in [-0.25, -0.2) is 9.97 Å². The summed E-state index contributed by atoms with van der Waals surface area (Å²) in [4.78, 5) is 21.8. The number of nitrogens with zero attached hydrogens (tertiary/aromatic N) is 3. The van der Waals surface area contributed by atoms with E-state index in [2.05, 4.69) is 21.8 Å². The standard InChI is InChI=1S/C21H24N4O2/c1-2-11-25-19(24-18-9-4-10-22-20(18)25)15-6-3-7-16(13-15)21(26)23-14-17-8-5-12-27-17/h3-4,6-7,9-10,13,17H,2,5,8,11-12,14H2,1H3,(H,23,26)/t17-/m0/s1. The minimum absolute atomic E-state index is 0.0800. The number of carbonyl (C=O) groups excluding carboxylic acids is 1. The number of fused-ring (bicyclic) bond motifs is 1. The third-order valence-corrected chi connectivity index (χ3v) is 4.85. The lowest BCUT2D eigenvalue weighted by Gasteiger charge is -2.12. The molecule has 0 radical (unpaired) electrons. The van der Waals surface area contributed by atoms with Gasteiger partial charge in [0.1, 0.15) is 11.3 Å². The molecule has 0 aliphatic carbocycles. The molecule has 1 saturated heterocycles. The van der Waals surface area contributed by atoms with Crippen molar-refractivity contribution >= 4 is 17.1 Å². The van der Waals surface area contributed by atoms with Crippen LogP contribution in [0.3, 0.4) is 0 Å². The predicted octanol–water partition coefficient (Wildman–Crippen LogP) is 3.42. The van der Waals surface area contributed by atoms with Crippen molar-refractivity contribution in [3.8, 4) is 11.4 Å². The van der Waals surface area contributed by atoms with Gasteiger partial charge in [-0.1, -0.05) is 19.1 Å². The summed E-state index contributed by atoms with van der Waals surface area (Å²) in [6.45, 7) is 4.31. The Bertz CT molecular complexity index is 944. The molecule has 0 saturated carbocycles. The Kier molecular flexibility index (Phi) is 5.16. The molecule has 1 atom stereocenters. The fourth-order valence-electron chi connectivity index (χ4n) is 3.53. The van der Waals surface area contributed by atoms with E-state index in [0.717, 1.165) is 55.0 Å².